The van der Waals surface area contributed by atoms with Crippen LogP contribution in [0.5, 0.6) is 5.88 Å². The highest BCUT2D eigenvalue weighted by Crippen LogP contribution is 2.37. The molecule has 3 rings (SSSR count). The number of amides is 1. The third-order valence-electron chi connectivity index (χ3n) is 4.27. The summed E-state index contributed by atoms with van der Waals surface area (Å²) < 4.78 is 46.9. The van der Waals surface area contributed by atoms with Crippen LogP contribution in [-0.2, 0) is 24.4 Å². The van der Waals surface area contributed by atoms with Crippen molar-refractivity contribution < 1.29 is 22.7 Å². The Bertz CT molecular complexity index is 1030. The van der Waals surface area contributed by atoms with Crippen molar-refractivity contribution in [1.29, 1.82) is 0 Å². The number of anilines is 1. The number of carbonyl (C=O) groups is 1. The molecule has 0 saturated heterocycles. The van der Waals surface area contributed by atoms with Crippen LogP contribution >= 0.6 is 0 Å². The standard InChI is InChI=1S/C19H19F3N4O2/c1-4-12-7-5-6-8-14(12)23-15(27)10-28-16-9-13(19(20,21)22)17-11(2)25-26(3)18(17)24-16/h5-9H,4,10H2,1-3H3,(H,23,27). The number of pyridine rings is 1. The Morgan fingerprint density at radius 2 is 2.00 bits per heavy atom. The van der Waals surface area contributed by atoms with Crippen LogP contribution in [0.15, 0.2) is 30.3 Å². The molecule has 2 heterocycles. The second-order valence-corrected chi connectivity index (χ2v) is 6.26. The zero-order valence-electron chi connectivity index (χ0n) is 15.6. The van der Waals surface area contributed by atoms with Crippen LogP contribution in [0.25, 0.3) is 11.0 Å². The van der Waals surface area contributed by atoms with Crippen molar-refractivity contribution in [1.82, 2.24) is 14.8 Å². The van der Waals surface area contributed by atoms with Crippen LogP contribution in [-0.4, -0.2) is 27.3 Å². The topological polar surface area (TPSA) is 69.0 Å². The van der Waals surface area contributed by atoms with Crippen molar-refractivity contribution in [3.63, 3.8) is 0 Å². The molecule has 0 saturated carbocycles. The van der Waals surface area contributed by atoms with Crippen molar-refractivity contribution in [2.75, 3.05) is 11.9 Å². The molecule has 2 aromatic heterocycles. The van der Waals surface area contributed by atoms with Crippen molar-refractivity contribution in [3.05, 3.63) is 47.2 Å². The average Bonchev–Trinajstić information content (AvgIpc) is 2.93. The van der Waals surface area contributed by atoms with Gasteiger partial charge in [0, 0.05) is 18.8 Å². The van der Waals surface area contributed by atoms with Crippen LogP contribution in [0.3, 0.4) is 0 Å². The van der Waals surface area contributed by atoms with E-state index in [9.17, 15) is 18.0 Å². The highest BCUT2D eigenvalue weighted by Gasteiger charge is 2.35. The number of hydrogen-bond donors (Lipinski definition) is 1. The van der Waals surface area contributed by atoms with Crippen molar-refractivity contribution >= 4 is 22.6 Å². The van der Waals surface area contributed by atoms with Gasteiger partial charge in [-0.3, -0.25) is 9.48 Å². The van der Waals surface area contributed by atoms with E-state index >= 15 is 0 Å². The zero-order valence-corrected chi connectivity index (χ0v) is 15.6. The second-order valence-electron chi connectivity index (χ2n) is 6.26. The van der Waals surface area contributed by atoms with Gasteiger partial charge >= 0.3 is 6.18 Å². The largest absolute Gasteiger partial charge is 0.467 e. The number of fused-ring (bicyclic) bond motifs is 1. The fourth-order valence-corrected chi connectivity index (χ4v) is 3.00. The van der Waals surface area contributed by atoms with Gasteiger partial charge in [0.1, 0.15) is 0 Å². The third kappa shape index (κ3) is 3.92. The smallest absolute Gasteiger partial charge is 0.417 e. The number of ether oxygens (including phenoxy) is 1. The molecule has 1 aromatic carbocycles. The van der Waals surface area contributed by atoms with E-state index in [1.54, 1.807) is 12.1 Å². The molecule has 0 bridgehead atoms. The number of aryl methyl sites for hydroxylation is 3. The Balaban J connectivity index is 1.83. The highest BCUT2D eigenvalue weighted by atomic mass is 19.4. The zero-order chi connectivity index (χ0) is 20.5. The lowest BCUT2D eigenvalue weighted by atomic mass is 10.1. The van der Waals surface area contributed by atoms with Crippen molar-refractivity contribution in [2.24, 2.45) is 7.05 Å². The lowest BCUT2D eigenvalue weighted by Crippen LogP contribution is -2.21. The van der Waals surface area contributed by atoms with E-state index < -0.39 is 24.3 Å². The van der Waals surface area contributed by atoms with E-state index in [4.69, 9.17) is 4.74 Å². The lowest BCUT2D eigenvalue weighted by Gasteiger charge is -2.12. The van der Waals surface area contributed by atoms with E-state index in [0.29, 0.717) is 5.69 Å². The normalized spacial score (nSPS) is 11.6. The highest BCUT2D eigenvalue weighted by molar-refractivity contribution is 5.92. The van der Waals surface area contributed by atoms with Gasteiger partial charge < -0.3 is 10.1 Å². The lowest BCUT2D eigenvalue weighted by molar-refractivity contribution is -0.136. The molecule has 0 spiro atoms. The van der Waals surface area contributed by atoms with Crippen LogP contribution in [0.4, 0.5) is 18.9 Å². The molecule has 0 aliphatic heterocycles. The van der Waals surface area contributed by atoms with Gasteiger partial charge in [0.15, 0.2) is 12.3 Å². The van der Waals surface area contributed by atoms with Crippen molar-refractivity contribution in [2.45, 2.75) is 26.4 Å². The Kier molecular flexibility index (Phi) is 5.26. The van der Waals surface area contributed by atoms with E-state index in [2.05, 4.69) is 15.4 Å². The maximum Gasteiger partial charge on any atom is 0.417 e. The first kappa shape index (κ1) is 19.7. The SMILES string of the molecule is CCc1ccccc1NC(=O)COc1cc(C(F)(F)F)c2c(C)nn(C)c2n1. The summed E-state index contributed by atoms with van der Waals surface area (Å²) in [5.74, 6) is -0.778. The molecular formula is C19H19F3N4O2. The van der Waals surface area contributed by atoms with Gasteiger partial charge in [-0.15, -0.1) is 0 Å². The van der Waals surface area contributed by atoms with Gasteiger partial charge in [0.25, 0.3) is 5.91 Å². The molecule has 148 valence electrons. The van der Waals surface area contributed by atoms with Crippen LogP contribution in [0.1, 0.15) is 23.7 Å². The van der Waals surface area contributed by atoms with Gasteiger partial charge in [-0.1, -0.05) is 25.1 Å². The summed E-state index contributed by atoms with van der Waals surface area (Å²) >= 11 is 0. The first-order chi connectivity index (χ1) is 13.2. The van der Waals surface area contributed by atoms with Gasteiger partial charge in [-0.25, -0.2) is 0 Å². The number of halogens is 3. The first-order valence-electron chi connectivity index (χ1n) is 8.62. The Morgan fingerprint density at radius 3 is 2.68 bits per heavy atom. The van der Waals surface area contributed by atoms with Crippen LogP contribution in [0, 0.1) is 6.92 Å². The quantitative estimate of drug-likeness (QED) is 0.716. The average molecular weight is 392 g/mol. The molecule has 0 atom stereocenters. The summed E-state index contributed by atoms with van der Waals surface area (Å²) in [6.45, 7) is 2.97. The number of carbonyl (C=O) groups excluding carboxylic acids is 1. The number of rotatable bonds is 5. The molecule has 6 nitrogen and oxygen atoms in total. The summed E-state index contributed by atoms with van der Waals surface area (Å²) in [5.41, 5.74) is 0.951. The van der Waals surface area contributed by atoms with E-state index in [1.165, 1.54) is 18.7 Å². The number of aromatic nitrogens is 3. The van der Waals surface area contributed by atoms with Gasteiger partial charge in [-0.2, -0.15) is 23.3 Å². The molecule has 0 aliphatic carbocycles. The number of benzene rings is 1. The van der Waals surface area contributed by atoms with Gasteiger partial charge in [0.05, 0.1) is 16.6 Å². The maximum absolute atomic E-state index is 13.5. The Morgan fingerprint density at radius 1 is 1.29 bits per heavy atom. The number of alkyl halides is 3. The molecule has 1 amide bonds. The minimum absolute atomic E-state index is 0.0408. The fraction of sp³-hybridized carbons (Fsp3) is 0.316. The molecule has 0 radical (unpaired) electrons. The van der Waals surface area contributed by atoms with E-state index in [0.717, 1.165) is 18.1 Å². The molecule has 0 aliphatic rings. The molecule has 0 unspecified atom stereocenters. The second kappa shape index (κ2) is 7.49. The molecular weight excluding hydrogens is 373 g/mol. The van der Waals surface area contributed by atoms with Crippen LogP contribution in [0.2, 0.25) is 0 Å². The predicted molar refractivity (Wildman–Crippen MR) is 98.2 cm³/mol. The Hall–Kier alpha value is -3.10. The summed E-state index contributed by atoms with van der Waals surface area (Å²) in [6, 6.07) is 8.07. The summed E-state index contributed by atoms with van der Waals surface area (Å²) in [7, 11) is 1.50. The number of para-hydroxylation sites is 1. The maximum atomic E-state index is 13.5. The molecule has 1 N–H and O–H groups in total. The Labute approximate surface area is 159 Å². The molecule has 3 aromatic rings. The number of nitrogens with zero attached hydrogens (tertiary/aromatic N) is 3. The molecule has 0 fully saturated rings. The first-order valence-corrected chi connectivity index (χ1v) is 8.62. The fourth-order valence-electron chi connectivity index (χ4n) is 3.00. The molecule has 28 heavy (non-hydrogen) atoms. The van der Waals surface area contributed by atoms with E-state index in [1.807, 2.05) is 19.1 Å². The summed E-state index contributed by atoms with van der Waals surface area (Å²) in [5, 5.41) is 6.61. The predicted octanol–water partition coefficient (Wildman–Crippen LogP) is 3.88. The van der Waals surface area contributed by atoms with E-state index in [-0.39, 0.29) is 22.6 Å². The van der Waals surface area contributed by atoms with Crippen LogP contribution < -0.4 is 10.1 Å². The summed E-state index contributed by atoms with van der Waals surface area (Å²) in [4.78, 5) is 16.2. The minimum atomic E-state index is -4.60. The minimum Gasteiger partial charge on any atom is -0.467 e. The monoisotopic (exact) mass is 392 g/mol. The van der Waals surface area contributed by atoms with Gasteiger partial charge in [-0.05, 0) is 25.0 Å². The third-order valence-corrected chi connectivity index (χ3v) is 4.27. The molecule has 9 heteroatoms. The van der Waals surface area contributed by atoms with Gasteiger partial charge in [0.2, 0.25) is 5.88 Å². The number of nitrogens with one attached hydrogen (secondary N) is 1. The number of hydrogen-bond acceptors (Lipinski definition) is 4. The summed E-state index contributed by atoms with van der Waals surface area (Å²) in [6.07, 6.45) is -3.88. The van der Waals surface area contributed by atoms with Crippen molar-refractivity contribution in [3.8, 4) is 5.88 Å².